The number of halogens is 2. The first-order valence-corrected chi connectivity index (χ1v) is 11.0. The Morgan fingerprint density at radius 1 is 0.844 bits per heavy atom. The molecule has 0 amide bonds. The van der Waals surface area contributed by atoms with Crippen LogP contribution < -0.4 is 24.8 Å². The lowest BCUT2D eigenvalue weighted by Gasteiger charge is -2.16. The van der Waals surface area contributed by atoms with Gasteiger partial charge in [-0.05, 0) is 48.6 Å². The Morgan fingerprint density at radius 3 is 2.19 bits per heavy atom. The Kier molecular flexibility index (Phi) is 7.11. The number of anilines is 3. The number of benzene rings is 3. The Labute approximate surface area is 189 Å². The highest BCUT2D eigenvalue weighted by Crippen LogP contribution is 2.31. The van der Waals surface area contributed by atoms with Gasteiger partial charge in [0, 0.05) is 12.1 Å². The maximum absolute atomic E-state index is 13.8. The smallest absolute Gasteiger partial charge is 0.262 e. The summed E-state index contributed by atoms with van der Waals surface area (Å²) < 4.78 is 65.4. The average molecular weight is 480 g/mol. The Bertz CT molecular complexity index is 1250. The molecule has 3 aromatic rings. The highest BCUT2D eigenvalue weighted by molar-refractivity contribution is 7.92. The molecule has 3 aromatic carbocycles. The number of para-hydroxylation sites is 2. The van der Waals surface area contributed by atoms with E-state index in [-0.39, 0.29) is 27.1 Å². The normalized spacial score (nSPS) is 10.9. The van der Waals surface area contributed by atoms with Crippen molar-refractivity contribution in [1.82, 2.24) is 0 Å². The van der Waals surface area contributed by atoms with Gasteiger partial charge in [-0.15, -0.1) is 0 Å². The highest BCUT2D eigenvalue weighted by atomic mass is 32.2. The Balaban J connectivity index is 1.80. The van der Waals surface area contributed by atoms with E-state index in [1.807, 2.05) is 0 Å². The summed E-state index contributed by atoms with van der Waals surface area (Å²) in [5, 5.41) is 5.40. The summed E-state index contributed by atoms with van der Waals surface area (Å²) in [6, 6.07) is 13.7. The van der Waals surface area contributed by atoms with Crippen molar-refractivity contribution in [3.63, 3.8) is 0 Å². The van der Waals surface area contributed by atoms with Crippen LogP contribution in [-0.4, -0.2) is 27.7 Å². The van der Waals surface area contributed by atoms with Gasteiger partial charge in [-0.3, -0.25) is 4.72 Å². The molecule has 7 nitrogen and oxygen atoms in total. The largest absolute Gasteiger partial charge is 0.495 e. The van der Waals surface area contributed by atoms with Crippen molar-refractivity contribution in [3.05, 3.63) is 72.3 Å². The summed E-state index contributed by atoms with van der Waals surface area (Å²) in [7, 11) is -1.16. The third-order valence-electron chi connectivity index (χ3n) is 4.26. The lowest BCUT2D eigenvalue weighted by Crippen LogP contribution is -2.20. The lowest BCUT2D eigenvalue weighted by molar-refractivity contribution is 0.415. The van der Waals surface area contributed by atoms with Gasteiger partial charge in [-0.25, -0.2) is 17.2 Å². The summed E-state index contributed by atoms with van der Waals surface area (Å²) in [4.78, 5) is -0.0609. The standard InChI is InChI=1S/C21H19F2N3O4S2/c1-29-19-6-4-3-5-18(19)26-32(27,28)14-8-10-17(20(12-14)30-2)25-21(31)24-16-9-7-13(22)11-15(16)23/h3-12,26H,1-2H3,(H2,24,25,31). The van der Waals surface area contributed by atoms with E-state index in [2.05, 4.69) is 15.4 Å². The van der Waals surface area contributed by atoms with Gasteiger partial charge in [0.1, 0.15) is 23.1 Å². The summed E-state index contributed by atoms with van der Waals surface area (Å²) in [5.41, 5.74) is 0.592. The monoisotopic (exact) mass is 479 g/mol. The SMILES string of the molecule is COc1cc(S(=O)(=O)Nc2ccccc2OC)ccc1NC(=S)Nc1ccc(F)cc1F. The fraction of sp³-hybridized carbons (Fsp3) is 0.0952. The molecule has 0 spiro atoms. The first-order valence-electron chi connectivity index (χ1n) is 9.10. The maximum Gasteiger partial charge on any atom is 0.262 e. The Morgan fingerprint density at radius 2 is 1.50 bits per heavy atom. The van der Waals surface area contributed by atoms with Gasteiger partial charge >= 0.3 is 0 Å². The van der Waals surface area contributed by atoms with E-state index in [0.717, 1.165) is 12.1 Å². The molecule has 168 valence electrons. The van der Waals surface area contributed by atoms with Crippen LogP contribution in [0.15, 0.2) is 65.6 Å². The molecule has 0 aliphatic heterocycles. The van der Waals surface area contributed by atoms with Gasteiger partial charge in [0.15, 0.2) is 5.11 Å². The first-order chi connectivity index (χ1) is 15.2. The molecule has 0 fully saturated rings. The zero-order valence-electron chi connectivity index (χ0n) is 17.0. The van der Waals surface area contributed by atoms with Gasteiger partial charge < -0.3 is 20.1 Å². The third kappa shape index (κ3) is 5.42. The number of rotatable bonds is 7. The van der Waals surface area contributed by atoms with Crippen LogP contribution in [0.3, 0.4) is 0 Å². The molecule has 3 N–H and O–H groups in total. The van der Waals surface area contributed by atoms with Crippen molar-refractivity contribution >= 4 is 44.4 Å². The molecule has 0 unspecified atom stereocenters. The van der Waals surface area contributed by atoms with Crippen LogP contribution in [0.5, 0.6) is 11.5 Å². The molecule has 0 aromatic heterocycles. The van der Waals surface area contributed by atoms with Crippen molar-refractivity contribution in [2.45, 2.75) is 4.90 Å². The molecule has 0 aliphatic carbocycles. The van der Waals surface area contributed by atoms with Crippen LogP contribution in [0.4, 0.5) is 25.8 Å². The van der Waals surface area contributed by atoms with Crippen LogP contribution in [0, 0.1) is 11.6 Å². The van der Waals surface area contributed by atoms with Crippen LogP contribution in [0.2, 0.25) is 0 Å². The third-order valence-corrected chi connectivity index (χ3v) is 5.83. The summed E-state index contributed by atoms with van der Waals surface area (Å²) in [5.74, 6) is -0.987. The number of hydrogen-bond acceptors (Lipinski definition) is 5. The van der Waals surface area contributed by atoms with Gasteiger partial charge in [0.2, 0.25) is 0 Å². The topological polar surface area (TPSA) is 88.7 Å². The van der Waals surface area contributed by atoms with Crippen LogP contribution >= 0.6 is 12.2 Å². The van der Waals surface area contributed by atoms with Crippen molar-refractivity contribution in [3.8, 4) is 11.5 Å². The average Bonchev–Trinajstić information content (AvgIpc) is 2.76. The fourth-order valence-electron chi connectivity index (χ4n) is 2.74. The van der Waals surface area contributed by atoms with Crippen molar-refractivity contribution in [2.24, 2.45) is 0 Å². The van der Waals surface area contributed by atoms with Crippen LogP contribution in [0.1, 0.15) is 0 Å². The molecular formula is C21H19F2N3O4S2. The zero-order valence-corrected chi connectivity index (χ0v) is 18.6. The second kappa shape index (κ2) is 9.79. The number of sulfonamides is 1. The lowest BCUT2D eigenvalue weighted by atomic mass is 10.3. The molecule has 0 saturated carbocycles. The maximum atomic E-state index is 13.8. The van der Waals surface area contributed by atoms with E-state index in [1.165, 1.54) is 38.5 Å². The molecular weight excluding hydrogens is 460 g/mol. The van der Waals surface area contributed by atoms with E-state index >= 15 is 0 Å². The molecule has 0 bridgehead atoms. The molecule has 32 heavy (non-hydrogen) atoms. The molecule has 11 heteroatoms. The molecule has 0 aliphatic rings. The zero-order chi connectivity index (χ0) is 23.3. The first kappa shape index (κ1) is 23.2. The predicted molar refractivity (Wildman–Crippen MR) is 123 cm³/mol. The number of nitrogens with one attached hydrogen (secondary N) is 3. The van der Waals surface area contributed by atoms with Gasteiger partial charge in [0.05, 0.1) is 36.2 Å². The molecule has 0 saturated heterocycles. The summed E-state index contributed by atoms with van der Waals surface area (Å²) in [6.07, 6.45) is 0. The molecule has 0 heterocycles. The fourth-order valence-corrected chi connectivity index (χ4v) is 4.05. The van der Waals surface area contributed by atoms with Crippen molar-refractivity contribution in [1.29, 1.82) is 0 Å². The molecule has 0 radical (unpaired) electrons. The predicted octanol–water partition coefficient (Wildman–Crippen LogP) is 4.59. The summed E-state index contributed by atoms with van der Waals surface area (Å²) in [6.45, 7) is 0. The number of thiocarbonyl (C=S) groups is 1. The van der Waals surface area contributed by atoms with Gasteiger partial charge in [-0.1, -0.05) is 12.1 Å². The quantitative estimate of drug-likeness (QED) is 0.427. The van der Waals surface area contributed by atoms with E-state index in [9.17, 15) is 17.2 Å². The Hall–Kier alpha value is -3.44. The number of hydrogen-bond donors (Lipinski definition) is 3. The second-order valence-corrected chi connectivity index (χ2v) is 8.46. The van der Waals surface area contributed by atoms with E-state index in [0.29, 0.717) is 11.4 Å². The van der Waals surface area contributed by atoms with Crippen LogP contribution in [0.25, 0.3) is 0 Å². The van der Waals surface area contributed by atoms with E-state index < -0.39 is 21.7 Å². The highest BCUT2D eigenvalue weighted by Gasteiger charge is 2.19. The second-order valence-electron chi connectivity index (χ2n) is 6.37. The van der Waals surface area contributed by atoms with Crippen LogP contribution in [-0.2, 0) is 10.0 Å². The number of methoxy groups -OCH3 is 2. The van der Waals surface area contributed by atoms with Gasteiger partial charge in [0.25, 0.3) is 10.0 Å². The minimum Gasteiger partial charge on any atom is -0.495 e. The minimum atomic E-state index is -3.95. The summed E-state index contributed by atoms with van der Waals surface area (Å²) >= 11 is 5.16. The van der Waals surface area contributed by atoms with Gasteiger partial charge in [-0.2, -0.15) is 0 Å². The molecule has 0 atom stereocenters. The van der Waals surface area contributed by atoms with Crippen molar-refractivity contribution in [2.75, 3.05) is 29.6 Å². The minimum absolute atomic E-state index is 0.00318. The number of ether oxygens (including phenoxy) is 2. The van der Waals surface area contributed by atoms with Crippen molar-refractivity contribution < 1.29 is 26.7 Å². The van der Waals surface area contributed by atoms with E-state index in [4.69, 9.17) is 21.7 Å². The molecule has 3 rings (SSSR count). The van der Waals surface area contributed by atoms with E-state index in [1.54, 1.807) is 24.3 Å².